The highest BCUT2D eigenvalue weighted by atomic mass is 32.2. The smallest absolute Gasteiger partial charge is 0.240 e. The fourth-order valence-electron chi connectivity index (χ4n) is 2.39. The number of halogens is 1. The molecule has 0 atom stereocenters. The number of nitrogens with one attached hydrogen (secondary N) is 2. The first-order valence-electron chi connectivity index (χ1n) is 8.36. The minimum atomic E-state index is -3.64. The molecule has 2 aromatic carbocycles. The fourth-order valence-corrected chi connectivity index (χ4v) is 3.51. The first kappa shape index (κ1) is 20.1. The minimum Gasteiger partial charge on any atom is -0.356 e. The predicted molar refractivity (Wildman–Crippen MR) is 98.8 cm³/mol. The maximum absolute atomic E-state index is 13.1. The van der Waals surface area contributed by atoms with Crippen LogP contribution in [0.3, 0.4) is 0 Å². The van der Waals surface area contributed by atoms with Crippen molar-refractivity contribution in [1.29, 1.82) is 0 Å². The summed E-state index contributed by atoms with van der Waals surface area (Å²) < 4.78 is 40.0. The van der Waals surface area contributed by atoms with Crippen LogP contribution < -0.4 is 10.0 Å². The Morgan fingerprint density at radius 2 is 1.81 bits per heavy atom. The molecule has 1 amide bonds. The van der Waals surface area contributed by atoms with Gasteiger partial charge in [0.2, 0.25) is 15.9 Å². The Bertz CT molecular complexity index is 882. The molecular weight excluding hydrogens is 355 g/mol. The molecule has 0 spiro atoms. The van der Waals surface area contributed by atoms with Crippen molar-refractivity contribution in [3.63, 3.8) is 0 Å². The van der Waals surface area contributed by atoms with E-state index in [1.807, 2.05) is 13.8 Å². The summed E-state index contributed by atoms with van der Waals surface area (Å²) in [5.74, 6) is -0.571. The molecule has 0 unspecified atom stereocenters. The van der Waals surface area contributed by atoms with Gasteiger partial charge in [0.1, 0.15) is 5.82 Å². The Kier molecular flexibility index (Phi) is 6.88. The molecule has 26 heavy (non-hydrogen) atoms. The first-order valence-corrected chi connectivity index (χ1v) is 9.84. The minimum absolute atomic E-state index is 0.0149. The van der Waals surface area contributed by atoms with E-state index in [1.54, 1.807) is 30.3 Å². The lowest BCUT2D eigenvalue weighted by atomic mass is 10.1. The lowest BCUT2D eigenvalue weighted by molar-refractivity contribution is -0.120. The number of amides is 1. The van der Waals surface area contributed by atoms with Gasteiger partial charge in [0.15, 0.2) is 0 Å². The van der Waals surface area contributed by atoms with E-state index in [0.717, 1.165) is 16.7 Å². The van der Waals surface area contributed by atoms with Gasteiger partial charge in [0, 0.05) is 19.5 Å². The van der Waals surface area contributed by atoms with E-state index in [0.29, 0.717) is 13.0 Å². The lowest BCUT2D eigenvalue weighted by Gasteiger charge is -2.09. The molecule has 5 nitrogen and oxygen atoms in total. The molecule has 0 aliphatic carbocycles. The Morgan fingerprint density at radius 1 is 1.04 bits per heavy atom. The van der Waals surface area contributed by atoms with Gasteiger partial charge < -0.3 is 5.32 Å². The van der Waals surface area contributed by atoms with Crippen molar-refractivity contribution >= 4 is 15.9 Å². The highest BCUT2D eigenvalue weighted by Gasteiger charge is 2.14. The second-order valence-corrected chi connectivity index (χ2v) is 7.89. The molecule has 2 rings (SSSR count). The molecule has 0 aromatic heterocycles. The van der Waals surface area contributed by atoms with Crippen LogP contribution in [0.4, 0.5) is 4.39 Å². The Hall–Kier alpha value is -2.25. The Labute approximate surface area is 153 Å². The number of carbonyl (C=O) groups is 1. The maximum atomic E-state index is 13.1. The van der Waals surface area contributed by atoms with Crippen molar-refractivity contribution < 1.29 is 17.6 Å². The zero-order valence-corrected chi connectivity index (χ0v) is 15.7. The molecular formula is C19H23FN2O3S. The number of rotatable bonds is 8. The maximum Gasteiger partial charge on any atom is 0.240 e. The third kappa shape index (κ3) is 5.93. The lowest BCUT2D eigenvalue weighted by Crippen LogP contribution is -2.31. The van der Waals surface area contributed by atoms with E-state index >= 15 is 0 Å². The summed E-state index contributed by atoms with van der Waals surface area (Å²) in [4.78, 5) is 12.0. The van der Waals surface area contributed by atoms with E-state index in [2.05, 4.69) is 10.0 Å². The van der Waals surface area contributed by atoms with Crippen molar-refractivity contribution in [1.82, 2.24) is 10.0 Å². The number of carbonyl (C=O) groups excluding carboxylic acids is 1. The highest BCUT2D eigenvalue weighted by molar-refractivity contribution is 7.89. The topological polar surface area (TPSA) is 75.3 Å². The van der Waals surface area contributed by atoms with Crippen molar-refractivity contribution in [2.24, 2.45) is 0 Å². The number of hydrogen-bond acceptors (Lipinski definition) is 3. The third-order valence-electron chi connectivity index (χ3n) is 4.06. The summed E-state index contributed by atoms with van der Waals surface area (Å²) in [6.07, 6.45) is 0.547. The average Bonchev–Trinajstić information content (AvgIpc) is 2.57. The van der Waals surface area contributed by atoms with E-state index in [1.165, 1.54) is 12.1 Å². The second-order valence-electron chi connectivity index (χ2n) is 6.12. The largest absolute Gasteiger partial charge is 0.356 e. The Morgan fingerprint density at radius 3 is 2.50 bits per heavy atom. The summed E-state index contributed by atoms with van der Waals surface area (Å²) in [5.41, 5.74) is 2.70. The zero-order valence-electron chi connectivity index (χ0n) is 14.9. The molecule has 140 valence electrons. The van der Waals surface area contributed by atoms with Crippen LogP contribution in [0.15, 0.2) is 47.4 Å². The summed E-state index contributed by atoms with van der Waals surface area (Å²) in [6, 6.07) is 11.1. The number of hydrogen-bond donors (Lipinski definition) is 2. The van der Waals surface area contributed by atoms with Gasteiger partial charge in [-0.25, -0.2) is 17.5 Å². The van der Waals surface area contributed by atoms with Crippen LogP contribution >= 0.6 is 0 Å². The predicted octanol–water partition coefficient (Wildman–Crippen LogP) is 2.47. The van der Waals surface area contributed by atoms with Gasteiger partial charge in [-0.15, -0.1) is 0 Å². The monoisotopic (exact) mass is 378 g/mol. The normalized spacial score (nSPS) is 11.3. The molecule has 0 fully saturated rings. The van der Waals surface area contributed by atoms with E-state index in [4.69, 9.17) is 0 Å². The molecule has 0 aliphatic rings. The van der Waals surface area contributed by atoms with Gasteiger partial charge in [0.25, 0.3) is 0 Å². The fraction of sp³-hybridized carbons (Fsp3) is 0.316. The molecule has 0 aliphatic heterocycles. The molecule has 0 saturated heterocycles. The summed E-state index contributed by atoms with van der Waals surface area (Å²) in [7, 11) is -3.64. The molecule has 2 aromatic rings. The molecule has 0 heterocycles. The first-order chi connectivity index (χ1) is 12.3. The van der Waals surface area contributed by atoms with Crippen LogP contribution in [0.1, 0.15) is 23.1 Å². The van der Waals surface area contributed by atoms with Crippen molar-refractivity contribution in [3.05, 3.63) is 65.0 Å². The highest BCUT2D eigenvalue weighted by Crippen LogP contribution is 2.14. The number of sulfonamides is 1. The van der Waals surface area contributed by atoms with Gasteiger partial charge in [0.05, 0.1) is 4.90 Å². The van der Waals surface area contributed by atoms with Gasteiger partial charge in [-0.2, -0.15) is 0 Å². The van der Waals surface area contributed by atoms with Gasteiger partial charge in [-0.3, -0.25) is 4.79 Å². The summed E-state index contributed by atoms with van der Waals surface area (Å²) in [6.45, 7) is 4.14. The molecule has 0 radical (unpaired) electrons. The average molecular weight is 378 g/mol. The number of benzene rings is 2. The molecule has 0 bridgehead atoms. The van der Waals surface area contributed by atoms with Crippen molar-refractivity contribution in [2.45, 2.75) is 31.6 Å². The SMILES string of the molecule is Cc1ccc(S(=O)(=O)NCCC(=O)NCCc2cccc(F)c2)cc1C. The van der Waals surface area contributed by atoms with Crippen LogP contribution in [0.5, 0.6) is 0 Å². The quantitative estimate of drug-likeness (QED) is 0.741. The van der Waals surface area contributed by atoms with Crippen molar-refractivity contribution in [2.75, 3.05) is 13.1 Å². The summed E-state index contributed by atoms with van der Waals surface area (Å²) in [5, 5.41) is 2.70. The van der Waals surface area contributed by atoms with E-state index < -0.39 is 10.0 Å². The molecule has 0 saturated carbocycles. The molecule has 7 heteroatoms. The summed E-state index contributed by atoms with van der Waals surface area (Å²) >= 11 is 0. The van der Waals surface area contributed by atoms with Gasteiger partial charge in [-0.1, -0.05) is 18.2 Å². The van der Waals surface area contributed by atoms with Gasteiger partial charge in [-0.05, 0) is 61.2 Å². The van der Waals surface area contributed by atoms with Gasteiger partial charge >= 0.3 is 0 Å². The van der Waals surface area contributed by atoms with Crippen LogP contribution in [0.25, 0.3) is 0 Å². The number of aryl methyl sites for hydroxylation is 2. The Balaban J connectivity index is 1.75. The zero-order chi connectivity index (χ0) is 19.2. The van der Waals surface area contributed by atoms with Crippen LogP contribution in [0, 0.1) is 19.7 Å². The van der Waals surface area contributed by atoms with E-state index in [9.17, 15) is 17.6 Å². The van der Waals surface area contributed by atoms with Crippen LogP contribution in [-0.2, 0) is 21.2 Å². The van der Waals surface area contributed by atoms with E-state index in [-0.39, 0.29) is 29.6 Å². The second kappa shape index (κ2) is 8.91. The van der Waals surface area contributed by atoms with Crippen LogP contribution in [-0.4, -0.2) is 27.4 Å². The van der Waals surface area contributed by atoms with Crippen molar-refractivity contribution in [3.8, 4) is 0 Å². The third-order valence-corrected chi connectivity index (χ3v) is 5.52. The standard InChI is InChI=1S/C19H23FN2O3S/c1-14-6-7-18(12-15(14)2)26(24,25)22-11-9-19(23)21-10-8-16-4-3-5-17(20)13-16/h3-7,12-13,22H,8-11H2,1-2H3,(H,21,23). The van der Waals surface area contributed by atoms with Crippen LogP contribution in [0.2, 0.25) is 0 Å². The molecule has 2 N–H and O–H groups in total.